The Bertz CT molecular complexity index is 1040. The van der Waals surface area contributed by atoms with E-state index in [4.69, 9.17) is 14.5 Å². The highest BCUT2D eigenvalue weighted by molar-refractivity contribution is 5.83. The number of carboxylic acids is 1. The van der Waals surface area contributed by atoms with Crippen LogP contribution < -0.4 is 9.64 Å². The number of carbonyl (C=O) groups is 1. The quantitative estimate of drug-likeness (QED) is 0.332. The van der Waals surface area contributed by atoms with Gasteiger partial charge >= 0.3 is 5.97 Å². The lowest BCUT2D eigenvalue weighted by Crippen LogP contribution is -2.50. The number of hydrogen-bond acceptors (Lipinski definition) is 6. The van der Waals surface area contributed by atoms with Crippen LogP contribution in [0.25, 0.3) is 11.3 Å². The van der Waals surface area contributed by atoms with Gasteiger partial charge in [-0.05, 0) is 64.5 Å². The summed E-state index contributed by atoms with van der Waals surface area (Å²) in [5.41, 5.74) is 3.62. The average Bonchev–Trinajstić information content (AvgIpc) is 2.79. The van der Waals surface area contributed by atoms with E-state index in [1.165, 1.54) is 12.8 Å². The van der Waals surface area contributed by atoms with E-state index >= 15 is 0 Å². The molecule has 3 heterocycles. The first-order valence-corrected chi connectivity index (χ1v) is 13.6. The third-order valence-corrected chi connectivity index (χ3v) is 6.85. The molecule has 0 radical (unpaired) electrons. The summed E-state index contributed by atoms with van der Waals surface area (Å²) in [6.45, 7) is 16.2. The van der Waals surface area contributed by atoms with Crippen molar-refractivity contribution in [3.05, 3.63) is 35.8 Å². The summed E-state index contributed by atoms with van der Waals surface area (Å²) in [4.78, 5) is 23.5. The molecule has 2 aromatic rings. The number of aromatic nitrogens is 2. The molecule has 1 aliphatic rings. The highest BCUT2D eigenvalue weighted by Gasteiger charge is 2.38. The SMILES string of the molecule is CCCCCCOc1ccc(-c2cnc(C)c(CC(=O)O)c2N2CCC(C)(C)CC2OC(C)(C)C)nc1. The molecule has 0 aliphatic carbocycles. The predicted octanol–water partition coefficient (Wildman–Crippen LogP) is 6.81. The monoisotopic (exact) mass is 511 g/mol. The Morgan fingerprint density at radius 1 is 1.16 bits per heavy atom. The first kappa shape index (κ1) is 28.9. The molecule has 7 heteroatoms. The predicted molar refractivity (Wildman–Crippen MR) is 148 cm³/mol. The van der Waals surface area contributed by atoms with Crippen molar-refractivity contribution in [1.29, 1.82) is 0 Å². The average molecular weight is 512 g/mol. The Labute approximate surface area is 222 Å². The van der Waals surface area contributed by atoms with E-state index in [1.807, 2.05) is 25.3 Å². The number of aliphatic carboxylic acids is 1. The van der Waals surface area contributed by atoms with Gasteiger partial charge in [0, 0.05) is 29.6 Å². The van der Waals surface area contributed by atoms with E-state index in [0.29, 0.717) is 17.9 Å². The van der Waals surface area contributed by atoms with Crippen LogP contribution in [0, 0.1) is 12.3 Å². The number of rotatable bonds is 11. The molecule has 7 nitrogen and oxygen atoms in total. The molecule has 204 valence electrons. The molecule has 0 bridgehead atoms. The molecule has 0 saturated carbocycles. The van der Waals surface area contributed by atoms with Gasteiger partial charge in [-0.15, -0.1) is 0 Å². The van der Waals surface area contributed by atoms with E-state index in [2.05, 4.69) is 51.4 Å². The molecule has 1 unspecified atom stereocenters. The molecule has 1 aliphatic heterocycles. The van der Waals surface area contributed by atoms with Crippen LogP contribution in [-0.4, -0.2) is 46.0 Å². The summed E-state index contributed by atoms with van der Waals surface area (Å²) in [5, 5.41) is 9.77. The van der Waals surface area contributed by atoms with Crippen LogP contribution in [0.5, 0.6) is 5.75 Å². The maximum Gasteiger partial charge on any atom is 0.307 e. The van der Waals surface area contributed by atoms with Crippen LogP contribution in [0.2, 0.25) is 0 Å². The molecule has 0 aromatic carbocycles. The van der Waals surface area contributed by atoms with E-state index in [-0.39, 0.29) is 23.7 Å². The standard InChI is InChI=1S/C30H45N3O4/c1-8-9-10-11-16-36-22-12-13-25(32-19-22)24-20-31-21(2)23(17-27(34)35)28(24)33-15-14-30(6,7)18-26(33)37-29(3,4)5/h12-13,19-20,26H,8-11,14-18H2,1-7H3,(H,34,35). The zero-order chi connectivity index (χ0) is 27.2. The van der Waals surface area contributed by atoms with Gasteiger partial charge in [-0.3, -0.25) is 14.8 Å². The third kappa shape index (κ3) is 8.16. The first-order chi connectivity index (χ1) is 17.4. The number of anilines is 1. The number of pyridine rings is 2. The Morgan fingerprint density at radius 2 is 1.92 bits per heavy atom. The number of unbranched alkanes of at least 4 members (excludes halogenated alkanes) is 3. The lowest BCUT2D eigenvalue weighted by atomic mass is 9.81. The van der Waals surface area contributed by atoms with Crippen molar-refractivity contribution in [1.82, 2.24) is 9.97 Å². The zero-order valence-corrected chi connectivity index (χ0v) is 23.8. The Kier molecular flexibility index (Phi) is 9.57. The molecule has 2 aromatic heterocycles. The molecule has 1 fully saturated rings. The van der Waals surface area contributed by atoms with Crippen LogP contribution in [0.4, 0.5) is 5.69 Å². The van der Waals surface area contributed by atoms with E-state index in [9.17, 15) is 9.90 Å². The lowest BCUT2D eigenvalue weighted by molar-refractivity contribution is -0.136. The number of nitrogens with zero attached hydrogens (tertiary/aromatic N) is 3. The van der Waals surface area contributed by atoms with Gasteiger partial charge in [-0.2, -0.15) is 0 Å². The Balaban J connectivity index is 2.01. The van der Waals surface area contributed by atoms with Gasteiger partial charge in [0.15, 0.2) is 0 Å². The molecular weight excluding hydrogens is 466 g/mol. The second kappa shape index (κ2) is 12.2. The summed E-state index contributed by atoms with van der Waals surface area (Å²) in [5.74, 6) is -0.144. The van der Waals surface area contributed by atoms with Crippen molar-refractivity contribution in [2.24, 2.45) is 5.41 Å². The van der Waals surface area contributed by atoms with Crippen LogP contribution in [-0.2, 0) is 16.0 Å². The second-order valence-corrected chi connectivity index (χ2v) is 11.9. The summed E-state index contributed by atoms with van der Waals surface area (Å²) in [6, 6.07) is 3.88. The number of piperidine rings is 1. The van der Waals surface area contributed by atoms with Crippen LogP contribution in [0.15, 0.2) is 24.5 Å². The van der Waals surface area contributed by atoms with Crippen LogP contribution in [0.3, 0.4) is 0 Å². The van der Waals surface area contributed by atoms with Crippen LogP contribution >= 0.6 is 0 Å². The fourth-order valence-corrected chi connectivity index (χ4v) is 4.88. The molecule has 37 heavy (non-hydrogen) atoms. The number of aryl methyl sites for hydroxylation is 1. The van der Waals surface area contributed by atoms with Crippen molar-refractivity contribution in [2.75, 3.05) is 18.1 Å². The smallest absolute Gasteiger partial charge is 0.307 e. The maximum absolute atomic E-state index is 11.9. The summed E-state index contributed by atoms with van der Waals surface area (Å²) >= 11 is 0. The minimum atomic E-state index is -0.881. The zero-order valence-electron chi connectivity index (χ0n) is 23.8. The van der Waals surface area contributed by atoms with Crippen molar-refractivity contribution >= 4 is 11.7 Å². The van der Waals surface area contributed by atoms with Crippen molar-refractivity contribution in [3.63, 3.8) is 0 Å². The molecule has 1 N–H and O–H groups in total. The fourth-order valence-electron chi connectivity index (χ4n) is 4.88. The Hall–Kier alpha value is -2.67. The van der Waals surface area contributed by atoms with E-state index in [0.717, 1.165) is 54.9 Å². The van der Waals surface area contributed by atoms with Gasteiger partial charge < -0.3 is 19.5 Å². The van der Waals surface area contributed by atoms with Gasteiger partial charge in [0.25, 0.3) is 0 Å². The van der Waals surface area contributed by atoms with Gasteiger partial charge in [0.2, 0.25) is 0 Å². The van der Waals surface area contributed by atoms with Gasteiger partial charge in [0.1, 0.15) is 12.0 Å². The maximum atomic E-state index is 11.9. The lowest BCUT2D eigenvalue weighted by Gasteiger charge is -2.47. The highest BCUT2D eigenvalue weighted by atomic mass is 16.5. The minimum Gasteiger partial charge on any atom is -0.492 e. The largest absolute Gasteiger partial charge is 0.492 e. The van der Waals surface area contributed by atoms with Crippen molar-refractivity contribution in [3.8, 4) is 17.0 Å². The second-order valence-electron chi connectivity index (χ2n) is 11.9. The topological polar surface area (TPSA) is 84.8 Å². The van der Waals surface area contributed by atoms with E-state index < -0.39 is 5.97 Å². The van der Waals surface area contributed by atoms with Gasteiger partial charge in [-0.1, -0.05) is 40.0 Å². The normalized spacial score (nSPS) is 17.6. The molecule has 0 spiro atoms. The van der Waals surface area contributed by atoms with Crippen molar-refractivity contribution < 1.29 is 19.4 Å². The van der Waals surface area contributed by atoms with Crippen molar-refractivity contribution in [2.45, 2.75) is 105 Å². The summed E-state index contributed by atoms with van der Waals surface area (Å²) < 4.78 is 12.5. The molecule has 0 amide bonds. The molecule has 1 atom stereocenters. The Morgan fingerprint density at radius 3 is 2.54 bits per heavy atom. The van der Waals surface area contributed by atoms with Gasteiger partial charge in [-0.25, -0.2) is 0 Å². The van der Waals surface area contributed by atoms with Crippen LogP contribution in [0.1, 0.15) is 91.3 Å². The first-order valence-electron chi connectivity index (χ1n) is 13.6. The number of hydrogen-bond donors (Lipinski definition) is 1. The summed E-state index contributed by atoms with van der Waals surface area (Å²) in [6.07, 6.45) is 9.69. The molecule has 1 saturated heterocycles. The molecule has 3 rings (SSSR count). The minimum absolute atomic E-state index is 0.108. The number of carboxylic acid groups (broad SMARTS) is 1. The number of ether oxygens (including phenoxy) is 2. The summed E-state index contributed by atoms with van der Waals surface area (Å²) in [7, 11) is 0. The fraction of sp³-hybridized carbons (Fsp3) is 0.633. The molecular formula is C30H45N3O4. The third-order valence-electron chi connectivity index (χ3n) is 6.85. The highest BCUT2D eigenvalue weighted by Crippen LogP contribution is 2.43. The van der Waals surface area contributed by atoms with Gasteiger partial charge in [0.05, 0.1) is 36.2 Å². The van der Waals surface area contributed by atoms with E-state index in [1.54, 1.807) is 6.20 Å².